The lowest BCUT2D eigenvalue weighted by atomic mass is 10.1. The van der Waals surface area contributed by atoms with E-state index in [9.17, 15) is 4.79 Å². The van der Waals surface area contributed by atoms with Gasteiger partial charge < -0.3 is 10.2 Å². The number of benzene rings is 2. The van der Waals surface area contributed by atoms with Gasteiger partial charge in [-0.3, -0.25) is 9.69 Å². The molecule has 8 heteroatoms. The van der Waals surface area contributed by atoms with Gasteiger partial charge in [-0.1, -0.05) is 17.1 Å². The van der Waals surface area contributed by atoms with Gasteiger partial charge in [-0.25, -0.2) is 10.3 Å². The van der Waals surface area contributed by atoms with Crippen LogP contribution in [0.4, 0.5) is 17.3 Å². The Morgan fingerprint density at radius 3 is 2.57 bits per heavy atom. The Kier molecular flexibility index (Phi) is 6.87. The molecule has 35 heavy (non-hydrogen) atoms. The summed E-state index contributed by atoms with van der Waals surface area (Å²) in [5.41, 5.74) is 4.43. The van der Waals surface area contributed by atoms with E-state index in [1.54, 1.807) is 12.1 Å². The van der Waals surface area contributed by atoms with Crippen molar-refractivity contribution in [2.45, 2.75) is 25.3 Å². The lowest BCUT2D eigenvalue weighted by Crippen LogP contribution is -2.35. The summed E-state index contributed by atoms with van der Waals surface area (Å²) in [4.78, 5) is 25.0. The Bertz CT molecular complexity index is 1200. The highest BCUT2D eigenvalue weighted by atomic mass is 16.1. The molecule has 2 fully saturated rings. The van der Waals surface area contributed by atoms with Gasteiger partial charge in [0.05, 0.1) is 18.0 Å². The second kappa shape index (κ2) is 10.5. The van der Waals surface area contributed by atoms with Gasteiger partial charge in [-0.15, -0.1) is 0 Å². The summed E-state index contributed by atoms with van der Waals surface area (Å²) >= 11 is 0. The summed E-state index contributed by atoms with van der Waals surface area (Å²) < 4.78 is 0. The molecule has 0 saturated carbocycles. The van der Waals surface area contributed by atoms with Crippen LogP contribution in [0.5, 0.6) is 0 Å². The van der Waals surface area contributed by atoms with Gasteiger partial charge in [0, 0.05) is 42.0 Å². The number of carbonyl (C=O) groups is 1. The molecule has 3 heterocycles. The number of aromatic amines is 1. The predicted octanol–water partition coefficient (Wildman–Crippen LogP) is 3.23. The topological polar surface area (TPSA) is 98.4 Å². The molecule has 0 bridgehead atoms. The lowest BCUT2D eigenvalue weighted by Gasteiger charge is -2.24. The van der Waals surface area contributed by atoms with Crippen LogP contribution < -0.4 is 20.5 Å². The number of nitrogens with one attached hydrogen (secondary N) is 3. The van der Waals surface area contributed by atoms with Crippen molar-refractivity contribution in [1.82, 2.24) is 15.2 Å². The van der Waals surface area contributed by atoms with Crippen LogP contribution in [-0.4, -0.2) is 54.6 Å². The van der Waals surface area contributed by atoms with E-state index in [0.29, 0.717) is 17.6 Å². The van der Waals surface area contributed by atoms with Crippen molar-refractivity contribution in [3.8, 4) is 17.3 Å². The Balaban J connectivity index is 1.21. The third kappa shape index (κ3) is 5.42. The quantitative estimate of drug-likeness (QED) is 0.517. The van der Waals surface area contributed by atoms with E-state index in [1.165, 1.54) is 38.0 Å². The first-order chi connectivity index (χ1) is 17.2. The fourth-order valence-corrected chi connectivity index (χ4v) is 4.90. The maximum Gasteiger partial charge on any atom is 0.394 e. The van der Waals surface area contributed by atoms with Crippen molar-refractivity contribution in [2.75, 3.05) is 42.9 Å². The molecular weight excluding hydrogens is 438 g/mol. The molecule has 2 aromatic carbocycles. The minimum Gasteiger partial charge on any atom is -0.370 e. The van der Waals surface area contributed by atoms with Crippen molar-refractivity contribution in [1.29, 1.82) is 5.26 Å². The summed E-state index contributed by atoms with van der Waals surface area (Å²) in [6.07, 6.45) is 5.77. The number of H-pyrrole nitrogens is 1. The molecule has 2 aliphatic rings. The number of hydrogen-bond donors (Lipinski definition) is 2. The molecule has 3 aromatic rings. The highest BCUT2D eigenvalue weighted by Crippen LogP contribution is 2.27. The normalized spacial score (nSPS) is 17.8. The van der Waals surface area contributed by atoms with Crippen molar-refractivity contribution >= 4 is 23.2 Å². The molecular formula is C27H30N7O+. The number of hydrogen-bond acceptors (Lipinski definition) is 6. The SMILES string of the molecule is N#CCNC(=O)c1ccc(-c2cc[nH+]c(Nc3ccc(N4CCC(N5CCCC5)C4)cc3)n2)cc1. The van der Waals surface area contributed by atoms with Crippen molar-refractivity contribution < 1.29 is 9.78 Å². The highest BCUT2D eigenvalue weighted by molar-refractivity contribution is 5.94. The average molecular weight is 469 g/mol. The first kappa shape index (κ1) is 22.8. The summed E-state index contributed by atoms with van der Waals surface area (Å²) in [7, 11) is 0. The first-order valence-corrected chi connectivity index (χ1v) is 12.2. The van der Waals surface area contributed by atoms with Gasteiger partial charge in [0.15, 0.2) is 5.69 Å². The zero-order valence-electron chi connectivity index (χ0n) is 19.7. The van der Waals surface area contributed by atoms with E-state index in [1.807, 2.05) is 30.5 Å². The van der Waals surface area contributed by atoms with Gasteiger partial charge in [-0.05, 0) is 68.8 Å². The van der Waals surface area contributed by atoms with Crippen molar-refractivity contribution in [3.05, 3.63) is 66.4 Å². The number of rotatable bonds is 7. The smallest absolute Gasteiger partial charge is 0.370 e. The van der Waals surface area contributed by atoms with Crippen molar-refractivity contribution in [3.63, 3.8) is 0 Å². The molecule has 0 aliphatic carbocycles. The summed E-state index contributed by atoms with van der Waals surface area (Å²) in [5.74, 6) is 0.375. The van der Waals surface area contributed by atoms with Crippen LogP contribution in [0.1, 0.15) is 29.6 Å². The van der Waals surface area contributed by atoms with Crippen LogP contribution in [0.25, 0.3) is 11.3 Å². The minimum absolute atomic E-state index is 0.0101. The number of amides is 1. The van der Waals surface area contributed by atoms with Gasteiger partial charge in [0.25, 0.3) is 5.91 Å². The number of likely N-dealkylation sites (tertiary alicyclic amines) is 1. The van der Waals surface area contributed by atoms with Gasteiger partial charge in [0.1, 0.15) is 6.54 Å². The van der Waals surface area contributed by atoms with Crippen LogP contribution in [0, 0.1) is 11.3 Å². The molecule has 1 unspecified atom stereocenters. The Labute approximate surface area is 205 Å². The molecule has 3 N–H and O–H groups in total. The van der Waals surface area contributed by atoms with E-state index in [4.69, 9.17) is 10.2 Å². The zero-order chi connectivity index (χ0) is 24.0. The van der Waals surface area contributed by atoms with Crippen LogP contribution in [0.15, 0.2) is 60.8 Å². The molecule has 1 amide bonds. The lowest BCUT2D eigenvalue weighted by molar-refractivity contribution is -0.364. The number of carbonyl (C=O) groups excluding carboxylic acids is 1. The molecule has 0 radical (unpaired) electrons. The third-order valence-corrected chi connectivity index (χ3v) is 6.78. The minimum atomic E-state index is -0.265. The van der Waals surface area contributed by atoms with Gasteiger partial charge in [-0.2, -0.15) is 5.26 Å². The van der Waals surface area contributed by atoms with Crippen molar-refractivity contribution in [2.24, 2.45) is 0 Å². The summed E-state index contributed by atoms with van der Waals surface area (Å²) in [6, 6.07) is 20.2. The second-order valence-electron chi connectivity index (χ2n) is 9.04. The largest absolute Gasteiger partial charge is 0.394 e. The Morgan fingerprint density at radius 1 is 1.06 bits per heavy atom. The van der Waals surface area contributed by atoms with E-state index < -0.39 is 0 Å². The molecule has 178 valence electrons. The molecule has 1 atom stereocenters. The number of nitriles is 1. The summed E-state index contributed by atoms with van der Waals surface area (Å²) in [5, 5.41) is 14.5. The maximum atomic E-state index is 12.0. The zero-order valence-corrected chi connectivity index (χ0v) is 19.7. The van der Waals surface area contributed by atoms with Crippen LogP contribution in [0.2, 0.25) is 0 Å². The van der Waals surface area contributed by atoms with Gasteiger partial charge in [0.2, 0.25) is 0 Å². The second-order valence-corrected chi connectivity index (χ2v) is 9.04. The summed E-state index contributed by atoms with van der Waals surface area (Å²) in [6.45, 7) is 4.73. The molecule has 0 spiro atoms. The van der Waals surface area contributed by atoms with E-state index in [-0.39, 0.29) is 12.5 Å². The molecule has 1 aromatic heterocycles. The van der Waals surface area contributed by atoms with E-state index >= 15 is 0 Å². The fraction of sp³-hybridized carbons (Fsp3) is 0.333. The molecule has 5 rings (SSSR count). The van der Waals surface area contributed by atoms with E-state index in [0.717, 1.165) is 30.0 Å². The Morgan fingerprint density at radius 2 is 1.83 bits per heavy atom. The van der Waals surface area contributed by atoms with Crippen LogP contribution in [0.3, 0.4) is 0 Å². The predicted molar refractivity (Wildman–Crippen MR) is 135 cm³/mol. The number of nitrogens with zero attached hydrogens (tertiary/aromatic N) is 4. The van der Waals surface area contributed by atoms with Gasteiger partial charge >= 0.3 is 5.95 Å². The molecule has 2 saturated heterocycles. The monoisotopic (exact) mass is 468 g/mol. The Hall–Kier alpha value is -3.96. The molecule has 2 aliphatic heterocycles. The number of anilines is 3. The molecule has 8 nitrogen and oxygen atoms in total. The third-order valence-electron chi connectivity index (χ3n) is 6.78. The standard InChI is InChI=1S/C27H29N7O/c28-13-15-29-26(35)21-5-3-20(4-6-21)25-11-14-30-27(32-25)31-22-7-9-23(10-8-22)34-18-12-24(19-34)33-16-1-2-17-33/h3-11,14,24H,1-2,12,15-19H2,(H,29,35)(H,30,31,32)/p+1. The fourth-order valence-electron chi connectivity index (χ4n) is 4.90. The number of aromatic nitrogens is 2. The highest BCUT2D eigenvalue weighted by Gasteiger charge is 2.29. The first-order valence-electron chi connectivity index (χ1n) is 12.2. The maximum absolute atomic E-state index is 12.0. The average Bonchev–Trinajstić information content (AvgIpc) is 3.61. The van der Waals surface area contributed by atoms with Crippen LogP contribution >= 0.6 is 0 Å². The van der Waals surface area contributed by atoms with Crippen LogP contribution in [-0.2, 0) is 0 Å². The van der Waals surface area contributed by atoms with E-state index in [2.05, 4.69) is 49.7 Å².